The fraction of sp³-hybridized carbons (Fsp3) is 0.250. The summed E-state index contributed by atoms with van der Waals surface area (Å²) < 4.78 is 5.60. The molecule has 5 nitrogen and oxygen atoms in total. The lowest BCUT2D eigenvalue weighted by Gasteiger charge is -2.37. The van der Waals surface area contributed by atoms with E-state index in [4.69, 9.17) is 4.74 Å². The first-order valence-electron chi connectivity index (χ1n) is 11.5. The topological polar surface area (TPSA) is 63.7 Å². The normalized spacial score (nSPS) is 31.0. The van der Waals surface area contributed by atoms with E-state index < -0.39 is 5.97 Å². The number of hydrogen-bond donors (Lipinski definition) is 0. The van der Waals surface area contributed by atoms with Crippen molar-refractivity contribution < 1.29 is 19.1 Å². The molecule has 162 valence electrons. The van der Waals surface area contributed by atoms with Gasteiger partial charge in [-0.05, 0) is 71.2 Å². The second kappa shape index (κ2) is 6.64. The van der Waals surface area contributed by atoms with Gasteiger partial charge in [0, 0.05) is 0 Å². The Morgan fingerprint density at radius 3 is 2.21 bits per heavy atom. The van der Waals surface area contributed by atoms with Gasteiger partial charge in [0.25, 0.3) is 0 Å². The summed E-state index contributed by atoms with van der Waals surface area (Å²) in [6.07, 6.45) is 5.45. The van der Waals surface area contributed by atoms with E-state index in [1.807, 2.05) is 36.4 Å². The fourth-order valence-electron chi connectivity index (χ4n) is 6.38. The van der Waals surface area contributed by atoms with Crippen LogP contribution in [-0.4, -0.2) is 17.8 Å². The zero-order chi connectivity index (χ0) is 22.3. The number of anilines is 1. The maximum Gasteiger partial charge on any atom is 0.343 e. The molecular formula is C28H21NO4. The van der Waals surface area contributed by atoms with Crippen molar-refractivity contribution in [2.24, 2.45) is 35.5 Å². The molecule has 3 fully saturated rings. The molecule has 0 spiro atoms. The van der Waals surface area contributed by atoms with Crippen molar-refractivity contribution in [2.45, 2.75) is 6.42 Å². The van der Waals surface area contributed by atoms with Crippen molar-refractivity contribution in [1.29, 1.82) is 0 Å². The number of imide groups is 1. The lowest BCUT2D eigenvalue weighted by atomic mass is 9.63. The van der Waals surface area contributed by atoms with Crippen LogP contribution in [0, 0.1) is 35.5 Å². The van der Waals surface area contributed by atoms with Gasteiger partial charge < -0.3 is 4.74 Å². The summed E-state index contributed by atoms with van der Waals surface area (Å²) in [6, 6.07) is 20.0. The van der Waals surface area contributed by atoms with Crippen LogP contribution in [0.2, 0.25) is 0 Å². The highest BCUT2D eigenvalue weighted by molar-refractivity contribution is 6.23. The average Bonchev–Trinajstić information content (AvgIpc) is 3.62. The highest BCUT2D eigenvalue weighted by atomic mass is 16.5. The monoisotopic (exact) mass is 435 g/mol. The molecule has 8 rings (SSSR count). The van der Waals surface area contributed by atoms with Crippen molar-refractivity contribution in [3.63, 3.8) is 0 Å². The van der Waals surface area contributed by atoms with Gasteiger partial charge >= 0.3 is 5.97 Å². The van der Waals surface area contributed by atoms with Crippen LogP contribution < -0.4 is 9.64 Å². The Morgan fingerprint density at radius 2 is 1.48 bits per heavy atom. The zero-order valence-electron chi connectivity index (χ0n) is 17.8. The molecule has 6 atom stereocenters. The third-order valence-electron chi connectivity index (χ3n) is 7.93. The van der Waals surface area contributed by atoms with Crippen LogP contribution in [0.3, 0.4) is 0 Å². The van der Waals surface area contributed by atoms with E-state index in [0.29, 0.717) is 28.8 Å². The number of ether oxygens (including phenoxy) is 1. The summed E-state index contributed by atoms with van der Waals surface area (Å²) >= 11 is 0. The lowest BCUT2D eigenvalue weighted by Crippen LogP contribution is -2.40. The van der Waals surface area contributed by atoms with Crippen LogP contribution in [-0.2, 0) is 9.59 Å². The third-order valence-corrected chi connectivity index (χ3v) is 7.93. The van der Waals surface area contributed by atoms with E-state index in [1.54, 1.807) is 30.3 Å². The van der Waals surface area contributed by atoms with E-state index in [1.165, 1.54) is 4.90 Å². The molecule has 2 saturated carbocycles. The van der Waals surface area contributed by atoms with Crippen LogP contribution in [0.15, 0.2) is 78.9 Å². The highest BCUT2D eigenvalue weighted by Crippen LogP contribution is 2.65. The minimum Gasteiger partial charge on any atom is -0.423 e. The Kier molecular flexibility index (Phi) is 3.78. The lowest BCUT2D eigenvalue weighted by molar-refractivity contribution is -0.124. The van der Waals surface area contributed by atoms with E-state index in [2.05, 4.69) is 12.2 Å². The second-order valence-electron chi connectivity index (χ2n) is 9.62. The first-order valence-corrected chi connectivity index (χ1v) is 11.5. The van der Waals surface area contributed by atoms with Gasteiger partial charge in [-0.15, -0.1) is 0 Å². The van der Waals surface area contributed by atoms with Gasteiger partial charge in [-0.3, -0.25) is 9.59 Å². The van der Waals surface area contributed by atoms with Crippen molar-refractivity contribution >= 4 is 34.2 Å². The summed E-state index contributed by atoms with van der Waals surface area (Å²) in [7, 11) is 0. The van der Waals surface area contributed by atoms with Gasteiger partial charge in [-0.25, -0.2) is 9.69 Å². The minimum absolute atomic E-state index is 0.130. The predicted octanol–water partition coefficient (Wildman–Crippen LogP) is 4.62. The molecule has 5 heteroatoms. The number of allylic oxidation sites excluding steroid dienone is 2. The molecule has 1 aliphatic heterocycles. The van der Waals surface area contributed by atoms with E-state index in [-0.39, 0.29) is 35.5 Å². The van der Waals surface area contributed by atoms with E-state index >= 15 is 0 Å². The minimum atomic E-state index is -0.522. The number of fused-ring (bicyclic) bond motifs is 1. The van der Waals surface area contributed by atoms with Gasteiger partial charge in [0.05, 0.1) is 23.1 Å². The number of amides is 2. The standard InChI is InChI=1S/C28H21NO4/c30-26-24-20-10-11-21(23-14-22(20)23)25(24)27(31)29(26)18-7-3-6-17(12-18)28(32)33-19-9-8-15-4-1-2-5-16(15)13-19/h1-13,20-25H,14H2/t20-,21-,22-,23-,24+,25+/m0/s1. The van der Waals surface area contributed by atoms with Crippen molar-refractivity contribution in [2.75, 3.05) is 4.90 Å². The van der Waals surface area contributed by atoms with Gasteiger partial charge in [-0.1, -0.05) is 48.6 Å². The Morgan fingerprint density at radius 1 is 0.788 bits per heavy atom. The summed E-state index contributed by atoms with van der Waals surface area (Å²) in [6.45, 7) is 0. The molecule has 0 N–H and O–H groups in total. The zero-order valence-corrected chi connectivity index (χ0v) is 17.8. The molecule has 4 aliphatic carbocycles. The Balaban J connectivity index is 1.17. The van der Waals surface area contributed by atoms with Gasteiger partial charge in [0.2, 0.25) is 11.8 Å². The number of rotatable bonds is 3. The highest BCUT2D eigenvalue weighted by Gasteiger charge is 2.67. The van der Waals surface area contributed by atoms with Gasteiger partial charge in [-0.2, -0.15) is 0 Å². The average molecular weight is 435 g/mol. The molecule has 33 heavy (non-hydrogen) atoms. The fourth-order valence-corrected chi connectivity index (χ4v) is 6.38. The predicted molar refractivity (Wildman–Crippen MR) is 123 cm³/mol. The Hall–Kier alpha value is -3.73. The van der Waals surface area contributed by atoms with Gasteiger partial charge in [0.1, 0.15) is 5.75 Å². The molecule has 0 aromatic heterocycles. The molecule has 2 amide bonds. The molecule has 5 aliphatic rings. The quantitative estimate of drug-likeness (QED) is 0.261. The summed E-state index contributed by atoms with van der Waals surface area (Å²) in [5.74, 6) is 0.609. The molecule has 3 aromatic carbocycles. The molecule has 0 radical (unpaired) electrons. The second-order valence-corrected chi connectivity index (χ2v) is 9.62. The SMILES string of the molecule is O=C(Oc1ccc2ccccc2c1)c1cccc(N2C(=O)[C@@H]3[C@H]4C=C[C@@H]([C@@H]5C[C@@H]45)[C@H]3C2=O)c1. The first-order chi connectivity index (χ1) is 16.1. The van der Waals surface area contributed by atoms with Crippen LogP contribution >= 0.6 is 0 Å². The molecule has 2 bridgehead atoms. The molecule has 1 saturated heterocycles. The van der Waals surface area contributed by atoms with E-state index in [0.717, 1.165) is 17.2 Å². The summed E-state index contributed by atoms with van der Waals surface area (Å²) in [5.41, 5.74) is 0.750. The third kappa shape index (κ3) is 2.68. The molecule has 1 heterocycles. The molecule has 3 aromatic rings. The van der Waals surface area contributed by atoms with Crippen molar-refractivity contribution in [1.82, 2.24) is 0 Å². The molecule has 0 unspecified atom stereocenters. The Bertz CT molecular complexity index is 1360. The number of esters is 1. The van der Waals surface area contributed by atoms with Crippen LogP contribution in [0.4, 0.5) is 5.69 Å². The van der Waals surface area contributed by atoms with Gasteiger partial charge in [0.15, 0.2) is 0 Å². The van der Waals surface area contributed by atoms with Crippen molar-refractivity contribution in [3.05, 3.63) is 84.4 Å². The Labute approximate surface area is 190 Å². The first kappa shape index (κ1) is 18.8. The number of carbonyl (C=O) groups excluding carboxylic acids is 3. The van der Waals surface area contributed by atoms with Crippen LogP contribution in [0.25, 0.3) is 10.8 Å². The number of benzene rings is 3. The number of nitrogens with zero attached hydrogens (tertiary/aromatic N) is 1. The summed E-state index contributed by atoms with van der Waals surface area (Å²) in [4.78, 5) is 40.9. The largest absolute Gasteiger partial charge is 0.423 e. The summed E-state index contributed by atoms with van der Waals surface area (Å²) in [5, 5.41) is 2.04. The number of hydrogen-bond acceptors (Lipinski definition) is 4. The maximum atomic E-state index is 13.4. The molecular weight excluding hydrogens is 414 g/mol. The maximum absolute atomic E-state index is 13.4. The van der Waals surface area contributed by atoms with Crippen LogP contribution in [0.5, 0.6) is 5.75 Å². The smallest absolute Gasteiger partial charge is 0.343 e. The van der Waals surface area contributed by atoms with E-state index in [9.17, 15) is 14.4 Å². The van der Waals surface area contributed by atoms with Crippen LogP contribution in [0.1, 0.15) is 16.8 Å². The number of carbonyl (C=O) groups is 3. The van der Waals surface area contributed by atoms with Crippen molar-refractivity contribution in [3.8, 4) is 5.75 Å².